The lowest BCUT2D eigenvalue weighted by molar-refractivity contribution is -0.134. The standard InChI is InChI=1S/C10H18O2/c1-4-6-7-9(5-2)8-10(11)12-3/h8H,4-7H2,1-3H3. The van der Waals surface area contributed by atoms with E-state index in [0.29, 0.717) is 0 Å². The van der Waals surface area contributed by atoms with Gasteiger partial charge in [0.2, 0.25) is 0 Å². The van der Waals surface area contributed by atoms with Crippen LogP contribution in [0.15, 0.2) is 11.6 Å². The van der Waals surface area contributed by atoms with Gasteiger partial charge < -0.3 is 4.74 Å². The summed E-state index contributed by atoms with van der Waals surface area (Å²) in [5.74, 6) is -0.233. The minimum absolute atomic E-state index is 0.233. The van der Waals surface area contributed by atoms with E-state index in [2.05, 4.69) is 18.6 Å². The third-order valence-electron chi connectivity index (χ3n) is 1.83. The molecule has 0 atom stereocenters. The number of carbonyl (C=O) groups excluding carboxylic acids is 1. The first kappa shape index (κ1) is 11.2. The fourth-order valence-electron chi connectivity index (χ4n) is 0.980. The van der Waals surface area contributed by atoms with Crippen LogP contribution >= 0.6 is 0 Å². The highest BCUT2D eigenvalue weighted by Crippen LogP contribution is 2.10. The molecule has 0 radical (unpaired) electrons. The van der Waals surface area contributed by atoms with Crippen molar-refractivity contribution in [3.05, 3.63) is 11.6 Å². The van der Waals surface area contributed by atoms with Crippen molar-refractivity contribution in [3.63, 3.8) is 0 Å². The molecule has 0 aromatic heterocycles. The summed E-state index contributed by atoms with van der Waals surface area (Å²) in [6, 6.07) is 0. The van der Waals surface area contributed by atoms with Crippen molar-refractivity contribution in [3.8, 4) is 0 Å². The summed E-state index contributed by atoms with van der Waals surface area (Å²) in [5.41, 5.74) is 1.18. The van der Waals surface area contributed by atoms with Gasteiger partial charge in [-0.25, -0.2) is 4.79 Å². The normalized spacial score (nSPS) is 11.4. The Hall–Kier alpha value is -0.790. The second kappa shape index (κ2) is 6.89. The molecule has 0 bridgehead atoms. The molecule has 0 aromatic rings. The second-order valence-electron chi connectivity index (χ2n) is 2.78. The van der Waals surface area contributed by atoms with Crippen molar-refractivity contribution in [2.45, 2.75) is 39.5 Å². The van der Waals surface area contributed by atoms with E-state index in [1.807, 2.05) is 0 Å². The highest BCUT2D eigenvalue weighted by Gasteiger charge is 1.98. The lowest BCUT2D eigenvalue weighted by atomic mass is 10.1. The third kappa shape index (κ3) is 4.94. The molecular formula is C10H18O2. The number of hydrogen-bond acceptors (Lipinski definition) is 2. The molecule has 0 saturated carbocycles. The van der Waals surface area contributed by atoms with Crippen LogP contribution in [-0.4, -0.2) is 13.1 Å². The topological polar surface area (TPSA) is 26.3 Å². The van der Waals surface area contributed by atoms with Crippen molar-refractivity contribution in [2.75, 3.05) is 7.11 Å². The van der Waals surface area contributed by atoms with Crippen LogP contribution in [0.5, 0.6) is 0 Å². The molecule has 0 saturated heterocycles. The molecule has 2 nitrogen and oxygen atoms in total. The SMILES string of the molecule is CCCCC(=CC(=O)OC)CC. The van der Waals surface area contributed by atoms with Gasteiger partial charge in [-0.2, -0.15) is 0 Å². The van der Waals surface area contributed by atoms with Gasteiger partial charge in [-0.1, -0.05) is 25.8 Å². The van der Waals surface area contributed by atoms with Crippen LogP contribution in [0, 0.1) is 0 Å². The maximum absolute atomic E-state index is 10.8. The third-order valence-corrected chi connectivity index (χ3v) is 1.83. The van der Waals surface area contributed by atoms with Crippen LogP contribution in [-0.2, 0) is 9.53 Å². The summed E-state index contributed by atoms with van der Waals surface area (Å²) in [4.78, 5) is 10.8. The Morgan fingerprint density at radius 1 is 1.42 bits per heavy atom. The molecule has 0 rings (SSSR count). The van der Waals surface area contributed by atoms with E-state index in [0.717, 1.165) is 19.3 Å². The van der Waals surface area contributed by atoms with Crippen LogP contribution < -0.4 is 0 Å². The molecule has 0 aliphatic heterocycles. The summed E-state index contributed by atoms with van der Waals surface area (Å²) in [6.45, 7) is 4.20. The fourth-order valence-corrected chi connectivity index (χ4v) is 0.980. The highest BCUT2D eigenvalue weighted by molar-refractivity contribution is 5.82. The van der Waals surface area contributed by atoms with Crippen LogP contribution in [0.25, 0.3) is 0 Å². The molecule has 0 amide bonds. The molecule has 0 heterocycles. The highest BCUT2D eigenvalue weighted by atomic mass is 16.5. The van der Waals surface area contributed by atoms with Gasteiger partial charge in [0, 0.05) is 6.08 Å². The number of carbonyl (C=O) groups is 1. The van der Waals surface area contributed by atoms with Crippen molar-refractivity contribution in [1.29, 1.82) is 0 Å². The molecule has 70 valence electrons. The molecule has 0 aliphatic carbocycles. The first-order chi connectivity index (χ1) is 5.74. The zero-order valence-corrected chi connectivity index (χ0v) is 8.22. The van der Waals surface area contributed by atoms with Crippen LogP contribution in [0.4, 0.5) is 0 Å². The maximum atomic E-state index is 10.8. The monoisotopic (exact) mass is 170 g/mol. The minimum Gasteiger partial charge on any atom is -0.466 e. The van der Waals surface area contributed by atoms with E-state index >= 15 is 0 Å². The van der Waals surface area contributed by atoms with E-state index < -0.39 is 0 Å². The summed E-state index contributed by atoms with van der Waals surface area (Å²) in [6.07, 6.45) is 5.88. The lowest BCUT2D eigenvalue weighted by Crippen LogP contribution is -1.97. The van der Waals surface area contributed by atoms with Crippen LogP contribution in [0.3, 0.4) is 0 Å². The smallest absolute Gasteiger partial charge is 0.330 e. The Balaban J connectivity index is 3.94. The van der Waals surface area contributed by atoms with Gasteiger partial charge in [0.05, 0.1) is 7.11 Å². The van der Waals surface area contributed by atoms with Gasteiger partial charge in [-0.3, -0.25) is 0 Å². The summed E-state index contributed by atoms with van der Waals surface area (Å²) >= 11 is 0. The number of hydrogen-bond donors (Lipinski definition) is 0. The van der Waals surface area contributed by atoms with Crippen molar-refractivity contribution in [1.82, 2.24) is 0 Å². The minimum atomic E-state index is -0.233. The Bertz CT molecular complexity index is 159. The summed E-state index contributed by atoms with van der Waals surface area (Å²) in [7, 11) is 1.41. The first-order valence-corrected chi connectivity index (χ1v) is 4.52. The molecule has 2 heteroatoms. The number of esters is 1. The lowest BCUT2D eigenvalue weighted by Gasteiger charge is -2.01. The Morgan fingerprint density at radius 2 is 2.08 bits per heavy atom. The van der Waals surface area contributed by atoms with Crippen LogP contribution in [0.1, 0.15) is 39.5 Å². The molecule has 0 aliphatic rings. The number of methoxy groups -OCH3 is 1. The van der Waals surface area contributed by atoms with Gasteiger partial charge in [-0.15, -0.1) is 0 Å². The Kier molecular flexibility index (Phi) is 6.44. The average molecular weight is 170 g/mol. The van der Waals surface area contributed by atoms with Gasteiger partial charge >= 0.3 is 5.97 Å². The largest absolute Gasteiger partial charge is 0.466 e. The van der Waals surface area contributed by atoms with Gasteiger partial charge in [0.25, 0.3) is 0 Å². The fraction of sp³-hybridized carbons (Fsp3) is 0.700. The van der Waals surface area contributed by atoms with E-state index in [9.17, 15) is 4.79 Å². The van der Waals surface area contributed by atoms with E-state index in [1.165, 1.54) is 19.1 Å². The molecule has 0 spiro atoms. The quantitative estimate of drug-likeness (QED) is 0.468. The van der Waals surface area contributed by atoms with Gasteiger partial charge in [-0.05, 0) is 19.3 Å². The van der Waals surface area contributed by atoms with Crippen molar-refractivity contribution >= 4 is 5.97 Å². The molecule has 0 unspecified atom stereocenters. The van der Waals surface area contributed by atoms with Crippen molar-refractivity contribution < 1.29 is 9.53 Å². The number of rotatable bonds is 5. The molecule has 0 aromatic carbocycles. The molecule has 12 heavy (non-hydrogen) atoms. The predicted molar refractivity (Wildman–Crippen MR) is 49.9 cm³/mol. The number of unbranched alkanes of at least 4 members (excludes halogenated alkanes) is 1. The van der Waals surface area contributed by atoms with Gasteiger partial charge in [0.1, 0.15) is 0 Å². The zero-order valence-electron chi connectivity index (χ0n) is 8.22. The Labute approximate surface area is 74.6 Å². The second-order valence-corrected chi connectivity index (χ2v) is 2.78. The molecule has 0 N–H and O–H groups in total. The van der Waals surface area contributed by atoms with E-state index in [4.69, 9.17) is 0 Å². The van der Waals surface area contributed by atoms with Gasteiger partial charge in [0.15, 0.2) is 0 Å². The number of ether oxygens (including phenoxy) is 1. The summed E-state index contributed by atoms with van der Waals surface area (Å²) < 4.78 is 4.55. The maximum Gasteiger partial charge on any atom is 0.330 e. The predicted octanol–water partition coefficient (Wildman–Crippen LogP) is 2.69. The van der Waals surface area contributed by atoms with Crippen LogP contribution in [0.2, 0.25) is 0 Å². The molecule has 0 fully saturated rings. The number of allylic oxidation sites excluding steroid dienone is 1. The first-order valence-electron chi connectivity index (χ1n) is 4.52. The zero-order chi connectivity index (χ0) is 9.40. The molecular weight excluding hydrogens is 152 g/mol. The summed E-state index contributed by atoms with van der Waals surface area (Å²) in [5, 5.41) is 0. The average Bonchev–Trinajstić information content (AvgIpc) is 2.11. The van der Waals surface area contributed by atoms with E-state index in [1.54, 1.807) is 6.08 Å². The van der Waals surface area contributed by atoms with E-state index in [-0.39, 0.29) is 5.97 Å². The van der Waals surface area contributed by atoms with Crippen molar-refractivity contribution in [2.24, 2.45) is 0 Å². The Morgan fingerprint density at radius 3 is 2.50 bits per heavy atom.